The van der Waals surface area contributed by atoms with Crippen LogP contribution in [0.25, 0.3) is 0 Å². The lowest BCUT2D eigenvalue weighted by Crippen LogP contribution is -2.43. The molecular weight excluding hydrogens is 628 g/mol. The third-order valence-electron chi connectivity index (χ3n) is 6.71. The molecule has 259 valence electrons. The van der Waals surface area contributed by atoms with Crippen molar-refractivity contribution in [3.8, 4) is 0 Å². The molecule has 2 aromatic rings. The highest BCUT2D eigenvalue weighted by Crippen LogP contribution is 2.27. The van der Waals surface area contributed by atoms with E-state index in [1.807, 2.05) is 6.92 Å². The number of ether oxygens (including phenoxy) is 2. The van der Waals surface area contributed by atoms with Crippen molar-refractivity contribution in [2.75, 3.05) is 44.7 Å². The van der Waals surface area contributed by atoms with E-state index in [9.17, 15) is 43.0 Å². The first-order valence-electron chi connectivity index (χ1n) is 14.2. The second-order valence-corrected chi connectivity index (χ2v) is 9.90. The maximum atomic E-state index is 13.1. The molecule has 4 rings (SSSR count). The SMILES string of the molecule is C.CCOC(=O)N1CCC(N)CC1.CCOC(=O)N1CCC(Nc2ccc(F)cc2[N+](=O)[O-])CC1.O=[N+]([O-])c1cc(F)ccc1F.[B]. The number of nitro groups is 2. The maximum Gasteiger partial charge on any atom is 0.409 e. The molecule has 0 aliphatic carbocycles. The molecule has 0 saturated carbocycles. The van der Waals surface area contributed by atoms with Crippen LogP contribution in [0.3, 0.4) is 0 Å². The largest absolute Gasteiger partial charge is 0.450 e. The topological polar surface area (TPSA) is 183 Å². The fourth-order valence-electron chi connectivity index (χ4n) is 4.34. The number of amides is 2. The minimum atomic E-state index is -1.03. The van der Waals surface area contributed by atoms with Crippen LogP contribution in [0.2, 0.25) is 0 Å². The quantitative estimate of drug-likeness (QED) is 0.228. The van der Waals surface area contributed by atoms with Gasteiger partial charge in [0.2, 0.25) is 5.82 Å². The molecule has 0 bridgehead atoms. The zero-order valence-electron chi connectivity index (χ0n) is 25.5. The standard InChI is InChI=1S/C14H18FN3O4.C8H16N2O2.C6H3F2NO2.CH4.B/c1-2-22-14(19)17-7-5-11(6-8-17)16-12-4-3-10(15)9-13(12)18(20)21;1-2-12-8(11)10-5-3-7(9)4-6-10;7-4-1-2-5(8)6(3-4)9(10)11;;/h3-4,9,11,16H,2,5-8H2,1H3;7H,2-6,9H2,1H3;1-3H;1H4;. The van der Waals surface area contributed by atoms with E-state index >= 15 is 0 Å². The fraction of sp³-hybridized carbons (Fsp3) is 0.517. The van der Waals surface area contributed by atoms with Crippen LogP contribution in [0.4, 0.5) is 39.8 Å². The predicted molar refractivity (Wildman–Crippen MR) is 170 cm³/mol. The smallest absolute Gasteiger partial charge is 0.409 e. The summed E-state index contributed by atoms with van der Waals surface area (Å²) >= 11 is 0. The molecule has 2 aliphatic heterocycles. The highest BCUT2D eigenvalue weighted by Gasteiger charge is 2.25. The number of carbonyl (C=O) groups is 2. The molecule has 18 heteroatoms. The Labute approximate surface area is 273 Å². The van der Waals surface area contributed by atoms with Crippen LogP contribution < -0.4 is 11.1 Å². The van der Waals surface area contributed by atoms with Crippen molar-refractivity contribution in [3.05, 3.63) is 74.1 Å². The number of piperidine rings is 2. The Morgan fingerprint density at radius 2 is 1.26 bits per heavy atom. The van der Waals surface area contributed by atoms with Crippen LogP contribution >= 0.6 is 0 Å². The highest BCUT2D eigenvalue weighted by molar-refractivity contribution is 5.75. The summed E-state index contributed by atoms with van der Waals surface area (Å²) < 4.78 is 47.6. The van der Waals surface area contributed by atoms with Gasteiger partial charge in [-0.2, -0.15) is 4.39 Å². The molecule has 0 unspecified atom stereocenters. The van der Waals surface area contributed by atoms with Crippen molar-refractivity contribution in [1.29, 1.82) is 0 Å². The fourth-order valence-corrected chi connectivity index (χ4v) is 4.34. The number of nitro benzene ring substituents is 2. The molecule has 14 nitrogen and oxygen atoms in total. The lowest BCUT2D eigenvalue weighted by molar-refractivity contribution is -0.387. The normalized spacial score (nSPS) is 14.4. The Bertz CT molecular complexity index is 1310. The monoisotopic (exact) mass is 669 g/mol. The van der Waals surface area contributed by atoms with E-state index in [0.29, 0.717) is 57.0 Å². The minimum Gasteiger partial charge on any atom is -0.450 e. The second kappa shape index (κ2) is 21.2. The van der Waals surface area contributed by atoms with Gasteiger partial charge in [0.15, 0.2) is 0 Å². The number of nitrogens with one attached hydrogen (secondary N) is 1. The Morgan fingerprint density at radius 1 is 0.830 bits per heavy atom. The van der Waals surface area contributed by atoms with Crippen LogP contribution in [-0.2, 0) is 9.47 Å². The molecule has 2 fully saturated rings. The van der Waals surface area contributed by atoms with E-state index < -0.39 is 33.0 Å². The van der Waals surface area contributed by atoms with E-state index in [2.05, 4.69) is 5.32 Å². The molecule has 2 aromatic carbocycles. The summed E-state index contributed by atoms with van der Waals surface area (Å²) in [4.78, 5) is 45.4. The molecule has 2 aliphatic rings. The number of likely N-dealkylation sites (tertiary alicyclic amines) is 2. The average molecular weight is 669 g/mol. The summed E-state index contributed by atoms with van der Waals surface area (Å²) in [6, 6.07) is 5.78. The zero-order chi connectivity index (χ0) is 33.5. The first kappa shape index (κ1) is 42.4. The van der Waals surface area contributed by atoms with Gasteiger partial charge in [-0.1, -0.05) is 7.43 Å². The number of hydrogen-bond donors (Lipinski definition) is 2. The van der Waals surface area contributed by atoms with Crippen molar-refractivity contribution < 1.29 is 42.1 Å². The molecule has 3 radical (unpaired) electrons. The van der Waals surface area contributed by atoms with Gasteiger partial charge in [-0.05, 0) is 63.8 Å². The third kappa shape index (κ3) is 14.1. The second-order valence-electron chi connectivity index (χ2n) is 9.90. The number of anilines is 1. The van der Waals surface area contributed by atoms with Crippen molar-refractivity contribution in [3.63, 3.8) is 0 Å². The minimum absolute atomic E-state index is 0. The molecule has 0 spiro atoms. The van der Waals surface area contributed by atoms with Gasteiger partial charge in [0.05, 0.1) is 35.2 Å². The van der Waals surface area contributed by atoms with Gasteiger partial charge in [-0.15, -0.1) is 0 Å². The third-order valence-corrected chi connectivity index (χ3v) is 6.71. The molecule has 3 N–H and O–H groups in total. The molecule has 2 amide bonds. The van der Waals surface area contributed by atoms with Crippen LogP contribution in [0.15, 0.2) is 36.4 Å². The molecule has 0 aromatic heterocycles. The summed E-state index contributed by atoms with van der Waals surface area (Å²) in [6.07, 6.45) is 2.52. The summed E-state index contributed by atoms with van der Waals surface area (Å²) in [6.45, 7) is 6.85. The average Bonchev–Trinajstić information content (AvgIpc) is 3.00. The van der Waals surface area contributed by atoms with Crippen molar-refractivity contribution in [1.82, 2.24) is 9.80 Å². The highest BCUT2D eigenvalue weighted by atomic mass is 19.1. The van der Waals surface area contributed by atoms with Crippen LogP contribution in [0, 0.1) is 37.7 Å². The molecule has 0 atom stereocenters. The lowest BCUT2D eigenvalue weighted by Gasteiger charge is -2.32. The summed E-state index contributed by atoms with van der Waals surface area (Å²) in [5.41, 5.74) is 4.86. The van der Waals surface area contributed by atoms with Crippen molar-refractivity contribution >= 4 is 37.7 Å². The summed E-state index contributed by atoms with van der Waals surface area (Å²) in [5.74, 6) is -2.50. The van der Waals surface area contributed by atoms with E-state index in [0.717, 1.165) is 38.1 Å². The van der Waals surface area contributed by atoms with E-state index in [1.165, 1.54) is 12.1 Å². The van der Waals surface area contributed by atoms with Gasteiger partial charge in [-0.25, -0.2) is 18.4 Å². The van der Waals surface area contributed by atoms with Crippen molar-refractivity contribution in [2.45, 2.75) is 59.0 Å². The van der Waals surface area contributed by atoms with Gasteiger partial charge >= 0.3 is 17.9 Å². The number of nitrogens with zero attached hydrogens (tertiary/aromatic N) is 4. The van der Waals surface area contributed by atoms with Gasteiger partial charge in [0.1, 0.15) is 17.3 Å². The van der Waals surface area contributed by atoms with Gasteiger partial charge in [-0.3, -0.25) is 20.2 Å². The zero-order valence-corrected chi connectivity index (χ0v) is 25.5. The number of hydrogen-bond acceptors (Lipinski definition) is 10. The van der Waals surface area contributed by atoms with Crippen molar-refractivity contribution in [2.24, 2.45) is 5.73 Å². The Morgan fingerprint density at radius 3 is 1.68 bits per heavy atom. The predicted octanol–water partition coefficient (Wildman–Crippen LogP) is 5.46. The van der Waals surface area contributed by atoms with Gasteiger partial charge in [0, 0.05) is 46.7 Å². The summed E-state index contributed by atoms with van der Waals surface area (Å²) in [5, 5.41) is 24.0. The lowest BCUT2D eigenvalue weighted by atomic mass is 10.0. The van der Waals surface area contributed by atoms with Gasteiger partial charge < -0.3 is 30.3 Å². The number of nitrogens with two attached hydrogens (primary N) is 1. The Balaban J connectivity index is 0.000000721. The molecule has 2 saturated heterocycles. The Hall–Kier alpha value is -4.61. The summed E-state index contributed by atoms with van der Waals surface area (Å²) in [7, 11) is 0. The molecular formula is C29H41BF3N6O8. The number of benzene rings is 2. The van der Waals surface area contributed by atoms with Crippen LogP contribution in [-0.4, -0.2) is 91.7 Å². The van der Waals surface area contributed by atoms with E-state index in [1.54, 1.807) is 16.7 Å². The maximum absolute atomic E-state index is 13.1. The number of rotatable bonds is 6. The Kier molecular flexibility index (Phi) is 19.2. The van der Waals surface area contributed by atoms with Crippen LogP contribution in [0.1, 0.15) is 47.0 Å². The van der Waals surface area contributed by atoms with Gasteiger partial charge in [0.25, 0.3) is 5.69 Å². The molecule has 47 heavy (non-hydrogen) atoms. The number of halogens is 3. The van der Waals surface area contributed by atoms with E-state index in [-0.39, 0.29) is 45.8 Å². The first-order valence-corrected chi connectivity index (χ1v) is 14.2. The first-order chi connectivity index (χ1) is 21.4. The van der Waals surface area contributed by atoms with E-state index in [4.69, 9.17) is 15.2 Å². The number of carbonyl (C=O) groups excluding carboxylic acids is 2. The molecule has 2 heterocycles. The van der Waals surface area contributed by atoms with Crippen LogP contribution in [0.5, 0.6) is 0 Å².